The van der Waals surface area contributed by atoms with Gasteiger partial charge in [0.1, 0.15) is 22.2 Å². The van der Waals surface area contributed by atoms with E-state index in [2.05, 4.69) is 20.9 Å². The highest BCUT2D eigenvalue weighted by Crippen LogP contribution is 2.29. The number of esters is 1. The third kappa shape index (κ3) is 6.11. The van der Waals surface area contributed by atoms with Crippen LogP contribution in [0.5, 0.6) is 11.5 Å². The molecule has 0 aliphatic heterocycles. The molecule has 0 N–H and O–H groups in total. The molecule has 0 aliphatic carbocycles. The fourth-order valence-corrected chi connectivity index (χ4v) is 2.80. The lowest BCUT2D eigenvalue weighted by Crippen LogP contribution is -2.12. The van der Waals surface area contributed by atoms with E-state index in [1.807, 2.05) is 38.1 Å². The molecule has 5 nitrogen and oxygen atoms in total. The number of carbonyl (C=O) groups is 1. The van der Waals surface area contributed by atoms with Crippen LogP contribution in [-0.2, 0) is 9.53 Å². The first kappa shape index (κ1) is 20.4. The Bertz CT molecular complexity index is 736. The number of halogens is 1. The Hall–Kier alpha value is -1.92. The van der Waals surface area contributed by atoms with Crippen LogP contribution in [0.4, 0.5) is 0 Å². The molecule has 0 radical (unpaired) electrons. The van der Waals surface area contributed by atoms with Gasteiger partial charge in [-0.15, -0.1) is 0 Å². The summed E-state index contributed by atoms with van der Waals surface area (Å²) in [6.45, 7) is 4.40. The van der Waals surface area contributed by atoms with E-state index in [0.29, 0.717) is 30.9 Å². The zero-order valence-electron chi connectivity index (χ0n) is 15.3. The van der Waals surface area contributed by atoms with Crippen molar-refractivity contribution in [3.05, 3.63) is 52.3 Å². The highest BCUT2D eigenvalue weighted by molar-refractivity contribution is 9.10. The molecule has 0 fully saturated rings. The van der Waals surface area contributed by atoms with Crippen LogP contribution >= 0.6 is 15.9 Å². The molecule has 0 spiro atoms. The van der Waals surface area contributed by atoms with Crippen molar-refractivity contribution in [1.82, 2.24) is 4.98 Å². The topological polar surface area (TPSA) is 57.7 Å². The van der Waals surface area contributed by atoms with Gasteiger partial charge < -0.3 is 14.2 Å². The molecule has 0 saturated heterocycles. The second-order valence-electron chi connectivity index (χ2n) is 5.92. The number of carbonyl (C=O) groups excluding carboxylic acids is 1. The summed E-state index contributed by atoms with van der Waals surface area (Å²) in [6, 6.07) is 11.2. The van der Waals surface area contributed by atoms with E-state index < -0.39 is 0 Å². The molecule has 140 valence electrons. The van der Waals surface area contributed by atoms with Crippen molar-refractivity contribution in [2.24, 2.45) is 0 Å². The van der Waals surface area contributed by atoms with Crippen molar-refractivity contribution in [3.63, 3.8) is 0 Å². The summed E-state index contributed by atoms with van der Waals surface area (Å²) < 4.78 is 17.5. The molecule has 1 heterocycles. The van der Waals surface area contributed by atoms with Gasteiger partial charge in [-0.2, -0.15) is 0 Å². The van der Waals surface area contributed by atoms with Crippen molar-refractivity contribution < 1.29 is 19.0 Å². The smallest absolute Gasteiger partial charge is 0.311 e. The van der Waals surface area contributed by atoms with E-state index in [0.717, 1.165) is 22.3 Å². The molecule has 2 rings (SSSR count). The molecular formula is C20H24BrNO4. The highest BCUT2D eigenvalue weighted by atomic mass is 79.9. The average Bonchev–Trinajstić information content (AvgIpc) is 2.61. The van der Waals surface area contributed by atoms with Gasteiger partial charge in [-0.1, -0.05) is 13.0 Å². The van der Waals surface area contributed by atoms with Crippen molar-refractivity contribution in [2.75, 3.05) is 13.7 Å². The van der Waals surface area contributed by atoms with Crippen molar-refractivity contribution >= 4 is 21.9 Å². The predicted octanol–water partition coefficient (Wildman–Crippen LogP) is 5.01. The van der Waals surface area contributed by atoms with Crippen molar-refractivity contribution in [2.45, 2.75) is 39.2 Å². The number of hydrogen-bond acceptors (Lipinski definition) is 5. The summed E-state index contributed by atoms with van der Waals surface area (Å²) in [4.78, 5) is 16.2. The number of aromatic nitrogens is 1. The molecule has 26 heavy (non-hydrogen) atoms. The molecule has 0 aliphatic rings. The zero-order valence-corrected chi connectivity index (χ0v) is 16.9. The third-order valence-corrected chi connectivity index (χ3v) is 4.20. The van der Waals surface area contributed by atoms with Gasteiger partial charge in [0.05, 0.1) is 12.3 Å². The van der Waals surface area contributed by atoms with Gasteiger partial charge in [-0.25, -0.2) is 4.98 Å². The molecule has 1 aromatic heterocycles. The second kappa shape index (κ2) is 10.3. The largest absolute Gasteiger partial charge is 0.484 e. The van der Waals surface area contributed by atoms with Crippen LogP contribution in [0.25, 0.3) is 0 Å². The molecular weight excluding hydrogens is 398 g/mol. The normalized spacial score (nSPS) is 11.8. The highest BCUT2D eigenvalue weighted by Gasteiger charge is 2.16. The maximum absolute atomic E-state index is 11.7. The summed E-state index contributed by atoms with van der Waals surface area (Å²) in [5.74, 6) is 1.03. The quantitative estimate of drug-likeness (QED) is 0.323. The number of hydrogen-bond donors (Lipinski definition) is 0. The van der Waals surface area contributed by atoms with Gasteiger partial charge in [0.25, 0.3) is 0 Å². The van der Waals surface area contributed by atoms with E-state index >= 15 is 0 Å². The fourth-order valence-electron chi connectivity index (χ4n) is 2.45. The molecule has 1 aromatic carbocycles. The van der Waals surface area contributed by atoms with Crippen LogP contribution in [0.2, 0.25) is 0 Å². The van der Waals surface area contributed by atoms with Crippen molar-refractivity contribution in [3.8, 4) is 11.5 Å². The number of pyridine rings is 1. The number of ether oxygens (including phenoxy) is 3. The van der Waals surface area contributed by atoms with Crippen LogP contribution < -0.4 is 9.47 Å². The first-order chi connectivity index (χ1) is 12.5. The Balaban J connectivity index is 2.14. The minimum absolute atomic E-state index is 0.222. The Morgan fingerprint density at radius 3 is 2.73 bits per heavy atom. The first-order valence-electron chi connectivity index (χ1n) is 8.62. The number of nitrogens with zero attached hydrogens (tertiary/aromatic N) is 1. The molecule has 1 atom stereocenters. The monoisotopic (exact) mass is 421 g/mol. The van der Waals surface area contributed by atoms with Gasteiger partial charge in [0.15, 0.2) is 0 Å². The van der Waals surface area contributed by atoms with Crippen molar-refractivity contribution in [1.29, 1.82) is 0 Å². The summed E-state index contributed by atoms with van der Waals surface area (Å²) in [7, 11) is 1.66. The van der Waals surface area contributed by atoms with Gasteiger partial charge in [0, 0.05) is 20.0 Å². The molecule has 0 saturated carbocycles. The standard InChI is InChI=1S/C20H24BrNO4/c1-4-6-20(23)26-17-10-9-15(13-14(17)2)25-18(11-12-24-3)16-7-5-8-19(21)22-16/h5,7-10,13,18H,4,6,11-12H2,1-3H3/t18-/m0/s1. The minimum Gasteiger partial charge on any atom is -0.484 e. The molecule has 0 unspecified atom stereocenters. The zero-order chi connectivity index (χ0) is 18.9. The number of benzene rings is 1. The lowest BCUT2D eigenvalue weighted by atomic mass is 10.1. The number of rotatable bonds is 9. The SMILES string of the molecule is CCCC(=O)Oc1ccc(O[C@@H](CCOC)c2cccc(Br)n2)cc1C. The lowest BCUT2D eigenvalue weighted by Gasteiger charge is -2.19. The summed E-state index contributed by atoms with van der Waals surface area (Å²) in [5.41, 5.74) is 1.67. The van der Waals surface area contributed by atoms with E-state index in [4.69, 9.17) is 14.2 Å². The Kier molecular flexibility index (Phi) is 8.06. The van der Waals surface area contributed by atoms with Crippen LogP contribution in [0, 0.1) is 6.92 Å². The van der Waals surface area contributed by atoms with Crippen LogP contribution in [-0.4, -0.2) is 24.7 Å². The van der Waals surface area contributed by atoms with Gasteiger partial charge in [0.2, 0.25) is 0 Å². The van der Waals surface area contributed by atoms with Crippen LogP contribution in [0.15, 0.2) is 41.0 Å². The molecule has 0 bridgehead atoms. The summed E-state index contributed by atoms with van der Waals surface area (Å²) in [5, 5.41) is 0. The first-order valence-corrected chi connectivity index (χ1v) is 9.42. The Morgan fingerprint density at radius 2 is 2.08 bits per heavy atom. The lowest BCUT2D eigenvalue weighted by molar-refractivity contribution is -0.134. The summed E-state index contributed by atoms with van der Waals surface area (Å²) >= 11 is 3.39. The maximum atomic E-state index is 11.7. The predicted molar refractivity (Wildman–Crippen MR) is 104 cm³/mol. The van der Waals surface area contributed by atoms with E-state index in [9.17, 15) is 4.79 Å². The minimum atomic E-state index is -0.236. The number of methoxy groups -OCH3 is 1. The number of aryl methyl sites for hydroxylation is 1. The average molecular weight is 422 g/mol. The fraction of sp³-hybridized carbons (Fsp3) is 0.400. The Morgan fingerprint density at radius 1 is 1.27 bits per heavy atom. The van der Waals surface area contributed by atoms with Crippen LogP contribution in [0.1, 0.15) is 43.5 Å². The van der Waals surface area contributed by atoms with Crippen LogP contribution in [0.3, 0.4) is 0 Å². The maximum Gasteiger partial charge on any atom is 0.311 e. The van der Waals surface area contributed by atoms with Gasteiger partial charge in [-0.3, -0.25) is 4.79 Å². The van der Waals surface area contributed by atoms with E-state index in [1.54, 1.807) is 19.2 Å². The van der Waals surface area contributed by atoms with Gasteiger partial charge >= 0.3 is 5.97 Å². The molecule has 0 amide bonds. The molecule has 2 aromatic rings. The second-order valence-corrected chi connectivity index (χ2v) is 6.74. The third-order valence-electron chi connectivity index (χ3n) is 3.75. The summed E-state index contributed by atoms with van der Waals surface area (Å²) in [6.07, 6.45) is 1.61. The van der Waals surface area contributed by atoms with E-state index in [1.165, 1.54) is 0 Å². The molecule has 6 heteroatoms. The van der Waals surface area contributed by atoms with E-state index in [-0.39, 0.29) is 12.1 Å². The van der Waals surface area contributed by atoms with Gasteiger partial charge in [-0.05, 0) is 65.2 Å². The Labute approximate surface area is 162 Å².